The lowest BCUT2D eigenvalue weighted by Crippen LogP contribution is -2.16. The van der Waals surface area contributed by atoms with Gasteiger partial charge in [-0.05, 0) is 94.6 Å². The minimum absolute atomic E-state index is 0.0209. The van der Waals surface area contributed by atoms with E-state index in [1.54, 1.807) is 0 Å². The van der Waals surface area contributed by atoms with E-state index in [0.717, 1.165) is 60.7 Å². The minimum atomic E-state index is 0.0209. The molecule has 5 aromatic carbocycles. The highest BCUT2D eigenvalue weighted by atomic mass is 35.5. The SMILES string of the molecule is Cc1cc(-n2c3cc(Oc4cccc(Cl)c4)ccc3c3c4oc5ccccc5c4ccc32)ncc1-c1cc(C(C)(C)C)cc(C(C)(C)C)c1. The number of rotatable bonds is 4. The summed E-state index contributed by atoms with van der Waals surface area (Å²) in [6, 6.07) is 35.5. The second-order valence-corrected chi connectivity index (χ2v) is 15.6. The molecule has 0 fully saturated rings. The number of nitrogens with zero attached hydrogens (tertiary/aromatic N) is 2. The van der Waals surface area contributed by atoms with Crippen molar-refractivity contribution in [3.05, 3.63) is 131 Å². The maximum atomic E-state index is 6.56. The summed E-state index contributed by atoms with van der Waals surface area (Å²) in [5.74, 6) is 2.22. The van der Waals surface area contributed by atoms with Crippen molar-refractivity contribution in [2.75, 3.05) is 0 Å². The van der Waals surface area contributed by atoms with Crippen molar-refractivity contribution in [1.82, 2.24) is 9.55 Å². The molecule has 8 rings (SSSR count). The normalized spacial score (nSPS) is 12.5. The first-order chi connectivity index (χ1) is 23.3. The van der Waals surface area contributed by atoms with E-state index in [9.17, 15) is 0 Å². The van der Waals surface area contributed by atoms with Gasteiger partial charge < -0.3 is 9.15 Å². The highest BCUT2D eigenvalue weighted by Gasteiger charge is 2.23. The Labute approximate surface area is 291 Å². The van der Waals surface area contributed by atoms with Crippen LogP contribution in [0.4, 0.5) is 0 Å². The van der Waals surface area contributed by atoms with Crippen molar-refractivity contribution in [2.24, 2.45) is 0 Å². The number of pyridine rings is 1. The first-order valence-corrected chi connectivity index (χ1v) is 17.2. The van der Waals surface area contributed by atoms with Gasteiger partial charge in [-0.15, -0.1) is 0 Å². The number of benzene rings is 5. The predicted molar refractivity (Wildman–Crippen MR) is 205 cm³/mol. The molecular formula is C44H39ClN2O2. The van der Waals surface area contributed by atoms with Gasteiger partial charge in [0.05, 0.1) is 16.4 Å². The average Bonchev–Trinajstić information content (AvgIpc) is 3.59. The predicted octanol–water partition coefficient (Wildman–Crippen LogP) is 13.1. The van der Waals surface area contributed by atoms with Crippen molar-refractivity contribution in [1.29, 1.82) is 0 Å². The molecule has 0 aliphatic rings. The molecule has 0 unspecified atom stereocenters. The van der Waals surface area contributed by atoms with Crippen LogP contribution in [0.15, 0.2) is 114 Å². The second-order valence-electron chi connectivity index (χ2n) is 15.2. The molecule has 0 saturated carbocycles. The molecule has 244 valence electrons. The molecule has 3 heterocycles. The number of furan rings is 1. The van der Waals surface area contributed by atoms with E-state index in [1.165, 1.54) is 16.7 Å². The third-order valence-electron chi connectivity index (χ3n) is 9.58. The third kappa shape index (κ3) is 5.45. The number of fused-ring (bicyclic) bond motifs is 7. The van der Waals surface area contributed by atoms with Crippen LogP contribution in [0.25, 0.3) is 60.7 Å². The maximum absolute atomic E-state index is 6.56. The monoisotopic (exact) mass is 662 g/mol. The molecule has 0 N–H and O–H groups in total. The van der Waals surface area contributed by atoms with Gasteiger partial charge in [-0.1, -0.05) is 95.6 Å². The van der Waals surface area contributed by atoms with Gasteiger partial charge in [0, 0.05) is 39.0 Å². The summed E-state index contributed by atoms with van der Waals surface area (Å²) in [5.41, 5.74) is 9.90. The summed E-state index contributed by atoms with van der Waals surface area (Å²) in [7, 11) is 0. The third-order valence-corrected chi connectivity index (χ3v) is 9.81. The Bertz CT molecular complexity index is 2540. The van der Waals surface area contributed by atoms with Gasteiger partial charge in [-0.25, -0.2) is 4.98 Å². The Balaban J connectivity index is 1.35. The van der Waals surface area contributed by atoms with Gasteiger partial charge in [0.2, 0.25) is 0 Å². The summed E-state index contributed by atoms with van der Waals surface area (Å²) in [6.07, 6.45) is 2.03. The van der Waals surface area contributed by atoms with Gasteiger partial charge in [0.1, 0.15) is 28.5 Å². The smallest absolute Gasteiger partial charge is 0.145 e. The van der Waals surface area contributed by atoms with Crippen molar-refractivity contribution < 1.29 is 9.15 Å². The minimum Gasteiger partial charge on any atom is -0.457 e. The van der Waals surface area contributed by atoms with Gasteiger partial charge >= 0.3 is 0 Å². The number of hydrogen-bond acceptors (Lipinski definition) is 3. The Morgan fingerprint density at radius 3 is 2.10 bits per heavy atom. The first-order valence-electron chi connectivity index (χ1n) is 16.8. The molecule has 0 atom stereocenters. The topological polar surface area (TPSA) is 40.2 Å². The Morgan fingerprint density at radius 1 is 0.673 bits per heavy atom. The molecular weight excluding hydrogens is 624 g/mol. The molecule has 49 heavy (non-hydrogen) atoms. The Hall–Kier alpha value is -5.06. The fourth-order valence-electron chi connectivity index (χ4n) is 6.85. The summed E-state index contributed by atoms with van der Waals surface area (Å²) in [5, 5.41) is 4.94. The average molecular weight is 663 g/mol. The largest absolute Gasteiger partial charge is 0.457 e. The van der Waals surface area contributed by atoms with Crippen LogP contribution in [0.5, 0.6) is 11.5 Å². The van der Waals surface area contributed by atoms with Crippen molar-refractivity contribution >= 4 is 55.3 Å². The van der Waals surface area contributed by atoms with E-state index < -0.39 is 0 Å². The lowest BCUT2D eigenvalue weighted by molar-refractivity contribution is 0.483. The summed E-state index contributed by atoms with van der Waals surface area (Å²) < 4.78 is 15.1. The van der Waals surface area contributed by atoms with E-state index in [0.29, 0.717) is 16.5 Å². The van der Waals surface area contributed by atoms with Crippen LogP contribution in [0.2, 0.25) is 5.02 Å². The highest BCUT2D eigenvalue weighted by molar-refractivity contribution is 6.30. The van der Waals surface area contributed by atoms with Crippen LogP contribution in [0.1, 0.15) is 58.2 Å². The fourth-order valence-corrected chi connectivity index (χ4v) is 7.03. The molecule has 3 aromatic heterocycles. The standard InChI is InChI=1S/C44H39ClN2O2/c1-26-19-40(46-25-36(26)27-20-28(43(2,3)4)22-29(21-27)44(5,6)7)47-37-18-17-34-33-13-8-9-14-39(33)49-42(34)41(37)35-16-15-32(24-38(35)47)48-31-12-10-11-30(45)23-31/h8-25H,1-7H3. The summed E-state index contributed by atoms with van der Waals surface area (Å²) in [6.45, 7) is 15.8. The van der Waals surface area contributed by atoms with E-state index >= 15 is 0 Å². The van der Waals surface area contributed by atoms with Crippen molar-refractivity contribution in [3.63, 3.8) is 0 Å². The molecule has 8 aromatic rings. The molecule has 0 aliphatic carbocycles. The number of aromatic nitrogens is 2. The van der Waals surface area contributed by atoms with Crippen LogP contribution in [-0.2, 0) is 10.8 Å². The van der Waals surface area contributed by atoms with Crippen LogP contribution in [0.3, 0.4) is 0 Å². The first kappa shape index (κ1) is 31.2. The van der Waals surface area contributed by atoms with E-state index in [4.69, 9.17) is 25.7 Å². The van der Waals surface area contributed by atoms with E-state index in [-0.39, 0.29) is 10.8 Å². The molecule has 0 amide bonds. The second kappa shape index (κ2) is 11.2. The van der Waals surface area contributed by atoms with Crippen molar-refractivity contribution in [3.8, 4) is 28.4 Å². The van der Waals surface area contributed by atoms with Crippen LogP contribution >= 0.6 is 11.6 Å². The maximum Gasteiger partial charge on any atom is 0.145 e. The molecule has 0 spiro atoms. The highest BCUT2D eigenvalue weighted by Crippen LogP contribution is 2.42. The summed E-state index contributed by atoms with van der Waals surface area (Å²) >= 11 is 6.28. The van der Waals surface area contributed by atoms with Crippen LogP contribution in [0, 0.1) is 6.92 Å². The Morgan fingerprint density at radius 2 is 1.39 bits per heavy atom. The van der Waals surface area contributed by atoms with Crippen molar-refractivity contribution in [2.45, 2.75) is 59.3 Å². The Kier molecular flexibility index (Phi) is 7.17. The van der Waals surface area contributed by atoms with E-state index in [1.807, 2.05) is 48.7 Å². The van der Waals surface area contributed by atoms with Crippen LogP contribution < -0.4 is 4.74 Å². The number of para-hydroxylation sites is 1. The zero-order chi connectivity index (χ0) is 34.2. The molecule has 5 heteroatoms. The molecule has 0 saturated heterocycles. The van der Waals surface area contributed by atoms with Gasteiger partial charge in [-0.3, -0.25) is 4.57 Å². The van der Waals surface area contributed by atoms with Gasteiger partial charge in [0.25, 0.3) is 0 Å². The van der Waals surface area contributed by atoms with Gasteiger partial charge in [-0.2, -0.15) is 0 Å². The fraction of sp³-hybridized carbons (Fsp3) is 0.205. The molecule has 0 aliphatic heterocycles. The molecule has 0 bridgehead atoms. The quantitative estimate of drug-likeness (QED) is 0.188. The number of ether oxygens (including phenoxy) is 1. The molecule has 4 nitrogen and oxygen atoms in total. The van der Waals surface area contributed by atoms with Gasteiger partial charge in [0.15, 0.2) is 0 Å². The summed E-state index contributed by atoms with van der Waals surface area (Å²) in [4.78, 5) is 5.16. The van der Waals surface area contributed by atoms with E-state index in [2.05, 4.69) is 114 Å². The number of halogens is 1. The van der Waals surface area contributed by atoms with Crippen LogP contribution in [-0.4, -0.2) is 9.55 Å². The zero-order valence-corrected chi connectivity index (χ0v) is 29.7. The zero-order valence-electron chi connectivity index (χ0n) is 29.0. The molecule has 0 radical (unpaired) electrons. The lowest BCUT2D eigenvalue weighted by Gasteiger charge is -2.26. The lowest BCUT2D eigenvalue weighted by atomic mass is 9.79. The number of hydrogen-bond donors (Lipinski definition) is 0. The number of aryl methyl sites for hydroxylation is 1.